The standard InChI is InChI=1S/C14H24O2/c1-8-9(2)16-10(3)13(8)14(15)11-6-4-5-7-12(11)14/h8-13,15H,4-7H2,1-3H3. The van der Waals surface area contributed by atoms with Gasteiger partial charge in [0.05, 0.1) is 17.8 Å². The van der Waals surface area contributed by atoms with Crippen molar-refractivity contribution in [3.63, 3.8) is 0 Å². The Kier molecular flexibility index (Phi) is 2.38. The van der Waals surface area contributed by atoms with Crippen LogP contribution in [-0.4, -0.2) is 22.9 Å². The van der Waals surface area contributed by atoms with Crippen LogP contribution in [0, 0.1) is 23.7 Å². The molecule has 0 amide bonds. The average Bonchev–Trinajstić information content (AvgIpc) is 2.76. The number of ether oxygens (including phenoxy) is 1. The van der Waals surface area contributed by atoms with Crippen LogP contribution in [0.15, 0.2) is 0 Å². The van der Waals surface area contributed by atoms with Crippen molar-refractivity contribution in [3.8, 4) is 0 Å². The van der Waals surface area contributed by atoms with E-state index in [1.165, 1.54) is 25.7 Å². The fourth-order valence-electron chi connectivity index (χ4n) is 4.70. The lowest BCUT2D eigenvalue weighted by atomic mass is 9.81. The number of fused-ring (bicyclic) bond motifs is 1. The lowest BCUT2D eigenvalue weighted by Gasteiger charge is -2.26. The van der Waals surface area contributed by atoms with Gasteiger partial charge in [-0.3, -0.25) is 0 Å². The van der Waals surface area contributed by atoms with Crippen LogP contribution in [0.3, 0.4) is 0 Å². The Balaban J connectivity index is 1.82. The minimum absolute atomic E-state index is 0.237. The first-order chi connectivity index (χ1) is 7.56. The van der Waals surface area contributed by atoms with Crippen molar-refractivity contribution in [1.29, 1.82) is 0 Å². The van der Waals surface area contributed by atoms with Gasteiger partial charge in [-0.25, -0.2) is 0 Å². The van der Waals surface area contributed by atoms with Crippen molar-refractivity contribution in [2.75, 3.05) is 0 Å². The predicted octanol–water partition coefficient (Wildman–Crippen LogP) is 2.60. The fourth-order valence-corrected chi connectivity index (χ4v) is 4.70. The smallest absolute Gasteiger partial charge is 0.0767 e. The molecule has 1 heterocycles. The van der Waals surface area contributed by atoms with Gasteiger partial charge in [-0.2, -0.15) is 0 Å². The number of rotatable bonds is 1. The van der Waals surface area contributed by atoms with Gasteiger partial charge >= 0.3 is 0 Å². The summed E-state index contributed by atoms with van der Waals surface area (Å²) in [7, 11) is 0. The van der Waals surface area contributed by atoms with Crippen molar-refractivity contribution in [2.24, 2.45) is 23.7 Å². The Morgan fingerprint density at radius 1 is 1.00 bits per heavy atom. The predicted molar refractivity (Wildman–Crippen MR) is 63.1 cm³/mol. The second-order valence-corrected chi connectivity index (χ2v) is 6.32. The van der Waals surface area contributed by atoms with E-state index < -0.39 is 0 Å². The maximum atomic E-state index is 11.0. The van der Waals surface area contributed by atoms with E-state index in [4.69, 9.17) is 4.74 Å². The van der Waals surface area contributed by atoms with E-state index in [0.29, 0.717) is 29.8 Å². The topological polar surface area (TPSA) is 29.5 Å². The normalized spacial score (nSPS) is 60.8. The summed E-state index contributed by atoms with van der Waals surface area (Å²) in [4.78, 5) is 0. The second-order valence-electron chi connectivity index (χ2n) is 6.32. The van der Waals surface area contributed by atoms with Crippen LogP contribution in [0.25, 0.3) is 0 Å². The highest BCUT2D eigenvalue weighted by Crippen LogP contribution is 2.65. The minimum Gasteiger partial charge on any atom is -0.389 e. The summed E-state index contributed by atoms with van der Waals surface area (Å²) in [6, 6.07) is 0. The zero-order valence-corrected chi connectivity index (χ0v) is 10.6. The molecule has 3 aliphatic rings. The molecule has 2 aliphatic carbocycles. The molecule has 16 heavy (non-hydrogen) atoms. The Morgan fingerprint density at radius 3 is 2.00 bits per heavy atom. The monoisotopic (exact) mass is 224 g/mol. The SMILES string of the molecule is CC1OC(C)C(C2(O)C3CCCCC32)C1C. The molecule has 0 aromatic rings. The third-order valence-electron chi connectivity index (χ3n) is 5.62. The zero-order valence-electron chi connectivity index (χ0n) is 10.6. The van der Waals surface area contributed by atoms with Gasteiger partial charge in [0, 0.05) is 5.92 Å². The van der Waals surface area contributed by atoms with Crippen molar-refractivity contribution in [1.82, 2.24) is 0 Å². The molecule has 92 valence electrons. The van der Waals surface area contributed by atoms with Gasteiger partial charge in [-0.05, 0) is 44.4 Å². The van der Waals surface area contributed by atoms with E-state index >= 15 is 0 Å². The number of hydrogen-bond donors (Lipinski definition) is 1. The molecule has 0 aromatic carbocycles. The summed E-state index contributed by atoms with van der Waals surface area (Å²) in [5.41, 5.74) is -0.375. The summed E-state index contributed by atoms with van der Waals surface area (Å²) in [6.07, 6.45) is 5.66. The Hall–Kier alpha value is -0.0800. The number of hydrogen-bond acceptors (Lipinski definition) is 2. The molecular formula is C14H24O2. The van der Waals surface area contributed by atoms with E-state index in [1.54, 1.807) is 0 Å². The maximum absolute atomic E-state index is 11.0. The highest BCUT2D eigenvalue weighted by Gasteiger charge is 2.70. The van der Waals surface area contributed by atoms with Crippen LogP contribution in [0.1, 0.15) is 46.5 Å². The van der Waals surface area contributed by atoms with E-state index in [1.807, 2.05) is 0 Å². The first kappa shape index (κ1) is 11.0. The Morgan fingerprint density at radius 2 is 1.56 bits per heavy atom. The third-order valence-corrected chi connectivity index (χ3v) is 5.62. The van der Waals surface area contributed by atoms with Gasteiger partial charge in [0.25, 0.3) is 0 Å². The molecule has 1 N–H and O–H groups in total. The summed E-state index contributed by atoms with van der Waals surface area (Å²) < 4.78 is 5.90. The van der Waals surface area contributed by atoms with E-state index in [0.717, 1.165) is 0 Å². The van der Waals surface area contributed by atoms with Crippen molar-refractivity contribution >= 4 is 0 Å². The van der Waals surface area contributed by atoms with Crippen molar-refractivity contribution < 1.29 is 9.84 Å². The molecule has 3 rings (SSSR count). The number of aliphatic hydroxyl groups is 1. The van der Waals surface area contributed by atoms with E-state index in [2.05, 4.69) is 20.8 Å². The lowest BCUT2D eigenvalue weighted by Crippen LogP contribution is -2.35. The summed E-state index contributed by atoms with van der Waals surface area (Å²) in [6.45, 7) is 6.55. The van der Waals surface area contributed by atoms with E-state index in [9.17, 15) is 5.11 Å². The quantitative estimate of drug-likeness (QED) is 0.742. The van der Waals surface area contributed by atoms with Crippen LogP contribution < -0.4 is 0 Å². The minimum atomic E-state index is -0.375. The molecule has 0 spiro atoms. The summed E-state index contributed by atoms with van der Waals surface area (Å²) >= 11 is 0. The first-order valence-corrected chi connectivity index (χ1v) is 6.94. The van der Waals surface area contributed by atoms with Gasteiger partial charge in [-0.1, -0.05) is 19.8 Å². The van der Waals surface area contributed by atoms with Gasteiger partial charge < -0.3 is 9.84 Å². The van der Waals surface area contributed by atoms with Crippen LogP contribution in [0.4, 0.5) is 0 Å². The van der Waals surface area contributed by atoms with Gasteiger partial charge in [0.1, 0.15) is 0 Å². The molecule has 1 aliphatic heterocycles. The summed E-state index contributed by atoms with van der Waals surface area (Å²) in [5, 5.41) is 11.0. The van der Waals surface area contributed by atoms with Crippen LogP contribution in [0.5, 0.6) is 0 Å². The van der Waals surface area contributed by atoms with Crippen LogP contribution in [0.2, 0.25) is 0 Å². The summed E-state index contributed by atoms with van der Waals surface area (Å²) in [5.74, 6) is 2.05. The maximum Gasteiger partial charge on any atom is 0.0767 e. The largest absolute Gasteiger partial charge is 0.389 e. The Bertz CT molecular complexity index is 276. The second kappa shape index (κ2) is 3.46. The lowest BCUT2D eigenvalue weighted by molar-refractivity contribution is -0.00256. The molecule has 3 fully saturated rings. The van der Waals surface area contributed by atoms with Crippen LogP contribution >= 0.6 is 0 Å². The van der Waals surface area contributed by atoms with Gasteiger partial charge in [-0.15, -0.1) is 0 Å². The molecule has 2 saturated carbocycles. The average molecular weight is 224 g/mol. The Labute approximate surface area is 98.4 Å². The third kappa shape index (κ3) is 1.26. The van der Waals surface area contributed by atoms with Gasteiger partial charge in [0.15, 0.2) is 0 Å². The molecule has 2 heteroatoms. The fraction of sp³-hybridized carbons (Fsp3) is 1.00. The highest BCUT2D eigenvalue weighted by molar-refractivity contribution is 5.19. The molecule has 6 atom stereocenters. The van der Waals surface area contributed by atoms with Crippen molar-refractivity contribution in [2.45, 2.75) is 64.3 Å². The highest BCUT2D eigenvalue weighted by atomic mass is 16.5. The van der Waals surface area contributed by atoms with Crippen LogP contribution in [-0.2, 0) is 4.74 Å². The molecule has 0 radical (unpaired) electrons. The molecule has 0 bridgehead atoms. The van der Waals surface area contributed by atoms with E-state index in [-0.39, 0.29) is 11.7 Å². The molecular weight excluding hydrogens is 200 g/mol. The first-order valence-electron chi connectivity index (χ1n) is 6.94. The van der Waals surface area contributed by atoms with Gasteiger partial charge in [0.2, 0.25) is 0 Å². The zero-order chi connectivity index (χ0) is 11.5. The molecule has 6 unspecified atom stereocenters. The van der Waals surface area contributed by atoms with Crippen molar-refractivity contribution in [3.05, 3.63) is 0 Å². The molecule has 2 nitrogen and oxygen atoms in total. The molecule has 0 aromatic heterocycles. The molecule has 1 saturated heterocycles.